The van der Waals surface area contributed by atoms with Crippen LogP contribution in [0.4, 0.5) is 0 Å². The topological polar surface area (TPSA) is 53.9 Å². The highest BCUT2D eigenvalue weighted by Crippen LogP contribution is 2.30. The van der Waals surface area contributed by atoms with Crippen molar-refractivity contribution < 1.29 is 4.79 Å². The summed E-state index contributed by atoms with van der Waals surface area (Å²) in [6.45, 7) is 5.55. The van der Waals surface area contributed by atoms with E-state index in [4.69, 9.17) is 0 Å². The molecule has 0 saturated carbocycles. The molecule has 1 saturated heterocycles. The van der Waals surface area contributed by atoms with Crippen molar-refractivity contribution in [2.75, 3.05) is 13.1 Å². The first-order valence-electron chi connectivity index (χ1n) is 8.41. The SMILES string of the molecule is Cc1cnc(C2CCN(C(=O)c3c(C)n(C)c4ccccc34)C2)[nH]1. The molecule has 0 radical (unpaired) electrons. The molecule has 5 nitrogen and oxygen atoms in total. The van der Waals surface area contributed by atoms with Crippen LogP contribution < -0.4 is 0 Å². The molecule has 0 aliphatic carbocycles. The predicted molar refractivity (Wildman–Crippen MR) is 94.2 cm³/mol. The number of nitrogens with one attached hydrogen (secondary N) is 1. The highest BCUT2D eigenvalue weighted by molar-refractivity contribution is 6.08. The van der Waals surface area contributed by atoms with Gasteiger partial charge in [0, 0.05) is 54.5 Å². The van der Waals surface area contributed by atoms with Gasteiger partial charge < -0.3 is 14.5 Å². The van der Waals surface area contributed by atoms with Crippen LogP contribution in [0, 0.1) is 13.8 Å². The lowest BCUT2D eigenvalue weighted by Gasteiger charge is -2.16. The van der Waals surface area contributed by atoms with E-state index in [2.05, 4.69) is 20.6 Å². The monoisotopic (exact) mass is 322 g/mol. The quantitative estimate of drug-likeness (QED) is 0.788. The summed E-state index contributed by atoms with van der Waals surface area (Å²) in [5.74, 6) is 1.44. The lowest BCUT2D eigenvalue weighted by atomic mass is 10.1. The Morgan fingerprint density at radius 3 is 2.83 bits per heavy atom. The minimum absolute atomic E-state index is 0.134. The maximum Gasteiger partial charge on any atom is 0.256 e. The van der Waals surface area contributed by atoms with Crippen molar-refractivity contribution in [2.24, 2.45) is 7.05 Å². The van der Waals surface area contributed by atoms with Crippen molar-refractivity contribution in [3.8, 4) is 0 Å². The third-order valence-corrected chi connectivity index (χ3v) is 5.20. The van der Waals surface area contributed by atoms with Gasteiger partial charge in [-0.25, -0.2) is 4.98 Å². The molecule has 124 valence electrons. The zero-order valence-corrected chi connectivity index (χ0v) is 14.3. The molecule has 1 N–H and O–H groups in total. The molecule has 1 aliphatic rings. The van der Waals surface area contributed by atoms with Gasteiger partial charge in [0.25, 0.3) is 5.91 Å². The number of hydrogen-bond donors (Lipinski definition) is 1. The number of hydrogen-bond acceptors (Lipinski definition) is 2. The summed E-state index contributed by atoms with van der Waals surface area (Å²) in [4.78, 5) is 22.9. The molecule has 1 atom stereocenters. The molecule has 1 fully saturated rings. The number of para-hydroxylation sites is 1. The molecule has 1 unspecified atom stereocenters. The van der Waals surface area contributed by atoms with Crippen molar-refractivity contribution in [1.29, 1.82) is 0 Å². The van der Waals surface area contributed by atoms with Gasteiger partial charge in [0.15, 0.2) is 0 Å². The van der Waals surface area contributed by atoms with Gasteiger partial charge in [-0.05, 0) is 26.3 Å². The van der Waals surface area contributed by atoms with Crippen LogP contribution in [0.25, 0.3) is 10.9 Å². The molecule has 0 spiro atoms. The minimum atomic E-state index is 0.134. The smallest absolute Gasteiger partial charge is 0.256 e. The average Bonchev–Trinajstić information content (AvgIpc) is 3.27. The summed E-state index contributed by atoms with van der Waals surface area (Å²) in [6, 6.07) is 8.12. The van der Waals surface area contributed by atoms with Crippen LogP contribution in [-0.2, 0) is 7.05 Å². The number of H-pyrrole nitrogens is 1. The number of benzene rings is 1. The van der Waals surface area contributed by atoms with Gasteiger partial charge in [-0.3, -0.25) is 4.79 Å². The highest BCUT2D eigenvalue weighted by Gasteiger charge is 2.31. The minimum Gasteiger partial charge on any atom is -0.347 e. The number of amides is 1. The molecule has 1 aliphatic heterocycles. The van der Waals surface area contributed by atoms with Crippen molar-refractivity contribution in [1.82, 2.24) is 19.4 Å². The van der Waals surface area contributed by atoms with Gasteiger partial charge in [0.1, 0.15) is 5.82 Å². The van der Waals surface area contributed by atoms with E-state index in [1.54, 1.807) is 0 Å². The number of nitrogens with zero attached hydrogens (tertiary/aromatic N) is 3. The molecule has 1 aromatic carbocycles. The predicted octanol–water partition coefficient (Wildman–Crippen LogP) is 3.15. The van der Waals surface area contributed by atoms with Crippen molar-refractivity contribution >= 4 is 16.8 Å². The third kappa shape index (κ3) is 2.23. The van der Waals surface area contributed by atoms with Gasteiger partial charge in [-0.15, -0.1) is 0 Å². The number of carbonyl (C=O) groups excluding carboxylic acids is 1. The summed E-state index contributed by atoms with van der Waals surface area (Å²) < 4.78 is 2.10. The Balaban J connectivity index is 1.65. The second kappa shape index (κ2) is 5.51. The van der Waals surface area contributed by atoms with Gasteiger partial charge in [0.2, 0.25) is 0 Å². The second-order valence-corrected chi connectivity index (χ2v) is 6.72. The summed E-state index contributed by atoms with van der Waals surface area (Å²) in [7, 11) is 2.02. The molecule has 5 heteroatoms. The first kappa shape index (κ1) is 15.0. The van der Waals surface area contributed by atoms with Crippen LogP contribution in [0.5, 0.6) is 0 Å². The second-order valence-electron chi connectivity index (χ2n) is 6.72. The van der Waals surface area contributed by atoms with Crippen LogP contribution in [-0.4, -0.2) is 38.4 Å². The van der Waals surface area contributed by atoms with Crippen LogP contribution in [0.3, 0.4) is 0 Å². The number of likely N-dealkylation sites (tertiary alicyclic amines) is 1. The zero-order valence-electron chi connectivity index (χ0n) is 14.3. The van der Waals surface area contributed by atoms with Gasteiger partial charge in [-0.2, -0.15) is 0 Å². The van der Waals surface area contributed by atoms with Crippen molar-refractivity contribution in [2.45, 2.75) is 26.2 Å². The molecule has 3 heterocycles. The Morgan fingerprint density at radius 2 is 2.08 bits per heavy atom. The van der Waals surface area contributed by atoms with E-state index in [1.807, 2.05) is 50.2 Å². The molecular weight excluding hydrogens is 300 g/mol. The first-order chi connectivity index (χ1) is 11.6. The van der Waals surface area contributed by atoms with Crippen LogP contribution in [0.2, 0.25) is 0 Å². The summed E-state index contributed by atoms with van der Waals surface area (Å²) >= 11 is 0. The lowest BCUT2D eigenvalue weighted by molar-refractivity contribution is 0.0791. The third-order valence-electron chi connectivity index (χ3n) is 5.20. The number of rotatable bonds is 2. The Labute approximate surface area is 141 Å². The number of imidazole rings is 1. The van der Waals surface area contributed by atoms with Crippen LogP contribution in [0.1, 0.15) is 39.9 Å². The fourth-order valence-corrected chi connectivity index (χ4v) is 3.76. The van der Waals surface area contributed by atoms with Crippen molar-refractivity contribution in [3.05, 3.63) is 53.2 Å². The Morgan fingerprint density at radius 1 is 1.29 bits per heavy atom. The van der Waals surface area contributed by atoms with Gasteiger partial charge in [-0.1, -0.05) is 18.2 Å². The number of aryl methyl sites for hydroxylation is 2. The van der Waals surface area contributed by atoms with E-state index in [1.165, 1.54) is 0 Å². The number of aromatic amines is 1. The fourth-order valence-electron chi connectivity index (χ4n) is 3.76. The van der Waals surface area contributed by atoms with E-state index in [-0.39, 0.29) is 5.91 Å². The highest BCUT2D eigenvalue weighted by atomic mass is 16.2. The summed E-state index contributed by atoms with van der Waals surface area (Å²) in [6.07, 6.45) is 2.82. The Kier molecular flexibility index (Phi) is 3.44. The molecule has 2 aromatic heterocycles. The molecule has 3 aromatic rings. The van der Waals surface area contributed by atoms with Gasteiger partial charge >= 0.3 is 0 Å². The van der Waals surface area contributed by atoms with Crippen molar-refractivity contribution in [3.63, 3.8) is 0 Å². The van der Waals surface area contributed by atoms with Crippen LogP contribution >= 0.6 is 0 Å². The number of fused-ring (bicyclic) bond motifs is 1. The molecular formula is C19H22N4O. The van der Waals surface area contributed by atoms with E-state index in [0.29, 0.717) is 5.92 Å². The average molecular weight is 322 g/mol. The molecule has 24 heavy (non-hydrogen) atoms. The maximum atomic E-state index is 13.2. The molecule has 1 amide bonds. The maximum absolute atomic E-state index is 13.2. The summed E-state index contributed by atoms with van der Waals surface area (Å²) in [5, 5.41) is 1.04. The zero-order chi connectivity index (χ0) is 16.8. The number of carbonyl (C=O) groups is 1. The molecule has 0 bridgehead atoms. The lowest BCUT2D eigenvalue weighted by Crippen LogP contribution is -2.29. The Bertz CT molecular complexity index is 921. The number of aromatic nitrogens is 3. The normalized spacial score (nSPS) is 17.8. The van der Waals surface area contributed by atoms with Gasteiger partial charge in [0.05, 0.1) is 5.56 Å². The van der Waals surface area contributed by atoms with E-state index in [0.717, 1.165) is 53.2 Å². The van der Waals surface area contributed by atoms with E-state index in [9.17, 15) is 4.79 Å². The molecule has 4 rings (SSSR count). The largest absolute Gasteiger partial charge is 0.347 e. The summed E-state index contributed by atoms with van der Waals surface area (Å²) in [5.41, 5.74) is 4.04. The van der Waals surface area contributed by atoms with E-state index < -0.39 is 0 Å². The Hall–Kier alpha value is -2.56. The van der Waals surface area contributed by atoms with E-state index >= 15 is 0 Å². The standard InChI is InChI=1S/C19H22N4O/c1-12-10-20-18(21-12)14-8-9-23(11-14)19(24)17-13(2)22(3)16-7-5-4-6-15(16)17/h4-7,10,14H,8-9,11H2,1-3H3,(H,20,21). The van der Waals surface area contributed by atoms with Crippen LogP contribution in [0.15, 0.2) is 30.5 Å². The first-order valence-corrected chi connectivity index (χ1v) is 8.41. The fraction of sp³-hybridized carbons (Fsp3) is 0.368.